The minimum Gasteiger partial charge on any atom is -0.383 e. The minimum atomic E-state index is -0.766. The number of ether oxygens (including phenoxy) is 2. The molecule has 0 aliphatic rings. The van der Waals surface area contributed by atoms with Crippen LogP contribution in [-0.2, 0) is 15.1 Å². The van der Waals surface area contributed by atoms with Crippen LogP contribution < -0.4 is 5.56 Å². The fourth-order valence-electron chi connectivity index (χ4n) is 3.42. The number of benzene rings is 1. The Balaban J connectivity index is 2.02. The SMILES string of the molecule is COCC(C)n1c(=O)c2c(-c3noc(C(C)(C)OC)n3)ncn2c2ccc(Cl)cc21. The summed E-state index contributed by atoms with van der Waals surface area (Å²) in [7, 11) is 3.15. The van der Waals surface area contributed by atoms with Crippen LogP contribution in [0.5, 0.6) is 0 Å². The van der Waals surface area contributed by atoms with Crippen molar-refractivity contribution < 1.29 is 14.0 Å². The molecule has 158 valence electrons. The number of methoxy groups -OCH3 is 2. The molecule has 9 nitrogen and oxygen atoms in total. The Morgan fingerprint density at radius 1 is 1.27 bits per heavy atom. The van der Waals surface area contributed by atoms with Crippen molar-refractivity contribution in [3.05, 3.63) is 45.8 Å². The Labute approximate surface area is 177 Å². The Bertz CT molecular complexity index is 1290. The van der Waals surface area contributed by atoms with Crippen LogP contribution >= 0.6 is 11.6 Å². The lowest BCUT2D eigenvalue weighted by atomic mass is 10.1. The molecule has 3 heterocycles. The summed E-state index contributed by atoms with van der Waals surface area (Å²) in [4.78, 5) is 22.4. The quantitative estimate of drug-likeness (QED) is 0.461. The molecule has 4 rings (SSSR count). The van der Waals surface area contributed by atoms with Crippen molar-refractivity contribution in [2.75, 3.05) is 20.8 Å². The van der Waals surface area contributed by atoms with Gasteiger partial charge >= 0.3 is 0 Å². The molecule has 0 aliphatic heterocycles. The van der Waals surface area contributed by atoms with Crippen molar-refractivity contribution in [3.8, 4) is 11.5 Å². The highest BCUT2D eigenvalue weighted by Gasteiger charge is 2.29. The summed E-state index contributed by atoms with van der Waals surface area (Å²) in [5.41, 5.74) is 1.11. The molecule has 0 saturated carbocycles. The smallest absolute Gasteiger partial charge is 0.278 e. The molecule has 0 N–H and O–H groups in total. The fraction of sp³-hybridized carbons (Fsp3) is 0.400. The van der Waals surface area contributed by atoms with E-state index in [1.807, 2.05) is 26.8 Å². The Hall–Kier alpha value is -2.75. The van der Waals surface area contributed by atoms with Gasteiger partial charge < -0.3 is 14.0 Å². The van der Waals surface area contributed by atoms with Gasteiger partial charge in [0.15, 0.2) is 0 Å². The van der Waals surface area contributed by atoms with E-state index >= 15 is 0 Å². The van der Waals surface area contributed by atoms with Crippen LogP contribution in [0.25, 0.3) is 28.1 Å². The van der Waals surface area contributed by atoms with Gasteiger partial charge in [-0.25, -0.2) is 4.98 Å². The van der Waals surface area contributed by atoms with Gasteiger partial charge in [0.2, 0.25) is 5.82 Å². The van der Waals surface area contributed by atoms with Crippen molar-refractivity contribution in [1.29, 1.82) is 0 Å². The summed E-state index contributed by atoms with van der Waals surface area (Å²) in [5.74, 6) is 0.510. The van der Waals surface area contributed by atoms with E-state index in [2.05, 4.69) is 15.1 Å². The molecule has 0 saturated heterocycles. The summed E-state index contributed by atoms with van der Waals surface area (Å²) >= 11 is 6.22. The maximum absolute atomic E-state index is 13.6. The lowest BCUT2D eigenvalue weighted by Crippen LogP contribution is -2.28. The lowest BCUT2D eigenvalue weighted by Gasteiger charge is -2.18. The molecule has 0 spiro atoms. The number of hydrogen-bond donors (Lipinski definition) is 0. The van der Waals surface area contributed by atoms with Crippen LogP contribution in [-0.4, -0.2) is 44.9 Å². The summed E-state index contributed by atoms with van der Waals surface area (Å²) in [6.07, 6.45) is 1.57. The minimum absolute atomic E-state index is 0.217. The first kappa shape index (κ1) is 20.5. The molecule has 0 radical (unpaired) electrons. The number of rotatable bonds is 6. The molecule has 3 aromatic heterocycles. The van der Waals surface area contributed by atoms with Crippen LogP contribution in [0.4, 0.5) is 0 Å². The van der Waals surface area contributed by atoms with E-state index in [9.17, 15) is 4.79 Å². The van der Waals surface area contributed by atoms with E-state index in [1.165, 1.54) is 0 Å². The molecule has 0 aliphatic carbocycles. The van der Waals surface area contributed by atoms with Crippen LogP contribution in [0.15, 0.2) is 33.8 Å². The van der Waals surface area contributed by atoms with E-state index in [1.54, 1.807) is 41.6 Å². The normalized spacial score (nSPS) is 13.4. The zero-order valence-corrected chi connectivity index (χ0v) is 18.1. The monoisotopic (exact) mass is 431 g/mol. The maximum Gasteiger partial charge on any atom is 0.278 e. The van der Waals surface area contributed by atoms with Gasteiger partial charge in [-0.2, -0.15) is 4.98 Å². The highest BCUT2D eigenvalue weighted by molar-refractivity contribution is 6.31. The van der Waals surface area contributed by atoms with E-state index in [0.717, 1.165) is 5.52 Å². The highest BCUT2D eigenvalue weighted by Crippen LogP contribution is 2.28. The Morgan fingerprint density at radius 2 is 2.03 bits per heavy atom. The van der Waals surface area contributed by atoms with Gasteiger partial charge in [0.1, 0.15) is 23.1 Å². The molecule has 1 aromatic carbocycles. The lowest BCUT2D eigenvalue weighted by molar-refractivity contribution is -0.00786. The Kier molecular flexibility index (Phi) is 5.13. The van der Waals surface area contributed by atoms with E-state index in [4.69, 9.17) is 25.6 Å². The number of imidazole rings is 1. The van der Waals surface area contributed by atoms with Crippen LogP contribution in [0.2, 0.25) is 5.02 Å². The second-order valence-corrected chi connectivity index (χ2v) is 8.00. The highest BCUT2D eigenvalue weighted by atomic mass is 35.5. The van der Waals surface area contributed by atoms with Crippen LogP contribution in [0.3, 0.4) is 0 Å². The van der Waals surface area contributed by atoms with Gasteiger partial charge in [-0.1, -0.05) is 16.8 Å². The molecule has 1 atom stereocenters. The fourth-order valence-corrected chi connectivity index (χ4v) is 3.59. The largest absolute Gasteiger partial charge is 0.383 e. The zero-order chi connectivity index (χ0) is 21.6. The second-order valence-electron chi connectivity index (χ2n) is 7.56. The van der Waals surface area contributed by atoms with Crippen LogP contribution in [0.1, 0.15) is 32.7 Å². The first-order chi connectivity index (χ1) is 14.3. The van der Waals surface area contributed by atoms with E-state index in [0.29, 0.717) is 34.2 Å². The first-order valence-electron chi connectivity index (χ1n) is 9.38. The third-order valence-electron chi connectivity index (χ3n) is 5.16. The zero-order valence-electron chi connectivity index (χ0n) is 17.3. The van der Waals surface area contributed by atoms with Crippen molar-refractivity contribution >= 4 is 28.2 Å². The molecule has 0 fully saturated rings. The summed E-state index contributed by atoms with van der Waals surface area (Å²) < 4.78 is 19.4. The predicted octanol–water partition coefficient (Wildman–Crippen LogP) is 3.44. The van der Waals surface area contributed by atoms with E-state index < -0.39 is 5.60 Å². The van der Waals surface area contributed by atoms with Gasteiger partial charge in [-0.15, -0.1) is 0 Å². The predicted molar refractivity (Wildman–Crippen MR) is 112 cm³/mol. The standard InChI is InChI=1S/C20H22ClN5O4/c1-11(9-28-4)26-14-8-12(21)6-7-13(14)25-10-22-15(16(25)18(26)27)17-23-19(30-24-17)20(2,3)29-5/h6-8,10-11H,9H2,1-5H3. The molecule has 10 heteroatoms. The number of nitrogens with zero attached hydrogens (tertiary/aromatic N) is 5. The van der Waals surface area contributed by atoms with Crippen molar-refractivity contribution in [2.24, 2.45) is 0 Å². The van der Waals surface area contributed by atoms with Gasteiger partial charge in [-0.05, 0) is 39.0 Å². The van der Waals surface area contributed by atoms with Gasteiger partial charge in [-0.3, -0.25) is 13.8 Å². The molecule has 0 amide bonds. The first-order valence-corrected chi connectivity index (χ1v) is 9.75. The number of aromatic nitrogens is 5. The molecular formula is C20H22ClN5O4. The maximum atomic E-state index is 13.6. The number of hydrogen-bond acceptors (Lipinski definition) is 7. The molecule has 4 aromatic rings. The van der Waals surface area contributed by atoms with Gasteiger partial charge in [0.25, 0.3) is 11.4 Å². The average Bonchev–Trinajstić information content (AvgIpc) is 3.36. The van der Waals surface area contributed by atoms with Gasteiger partial charge in [0, 0.05) is 19.2 Å². The molecular weight excluding hydrogens is 410 g/mol. The van der Waals surface area contributed by atoms with E-state index in [-0.39, 0.29) is 17.4 Å². The third kappa shape index (κ3) is 3.19. The van der Waals surface area contributed by atoms with Crippen molar-refractivity contribution in [3.63, 3.8) is 0 Å². The van der Waals surface area contributed by atoms with Crippen LogP contribution in [0, 0.1) is 0 Å². The average molecular weight is 432 g/mol. The van der Waals surface area contributed by atoms with Gasteiger partial charge in [0.05, 0.1) is 23.7 Å². The molecule has 1 unspecified atom stereocenters. The number of fused-ring (bicyclic) bond motifs is 3. The summed E-state index contributed by atoms with van der Waals surface area (Å²) in [6.45, 7) is 5.89. The Morgan fingerprint density at radius 3 is 2.73 bits per heavy atom. The third-order valence-corrected chi connectivity index (χ3v) is 5.39. The summed E-state index contributed by atoms with van der Waals surface area (Å²) in [5, 5.41) is 4.57. The number of halogens is 1. The van der Waals surface area contributed by atoms with Crippen molar-refractivity contribution in [2.45, 2.75) is 32.4 Å². The molecule has 0 bridgehead atoms. The van der Waals surface area contributed by atoms with Crippen molar-refractivity contribution in [1.82, 2.24) is 24.1 Å². The molecule has 30 heavy (non-hydrogen) atoms. The topological polar surface area (TPSA) is 96.7 Å². The summed E-state index contributed by atoms with van der Waals surface area (Å²) in [6, 6.07) is 5.15. The second kappa shape index (κ2) is 7.50.